The minimum Gasteiger partial charge on any atom is -0.454 e. The van der Waals surface area contributed by atoms with Crippen LogP contribution in [0.3, 0.4) is 0 Å². The molecular formula is C27H26N2O6. The number of nitrogens with zero attached hydrogens (tertiary/aromatic N) is 1. The molecule has 35 heavy (non-hydrogen) atoms. The first-order valence-corrected chi connectivity index (χ1v) is 11.2. The summed E-state index contributed by atoms with van der Waals surface area (Å²) in [4.78, 5) is 39.6. The number of benzene rings is 3. The SMILES string of the molecule is CC(OC(=O)CNC(=O)c1ccc2c(c1)OCO2)C(=O)N(Cc1ccccc1)Cc1ccccc1. The molecule has 0 spiro atoms. The number of esters is 1. The fraction of sp³-hybridized carbons (Fsp3) is 0.222. The third-order valence-corrected chi connectivity index (χ3v) is 5.43. The van der Waals surface area contributed by atoms with Gasteiger partial charge in [0.25, 0.3) is 11.8 Å². The number of ether oxygens (including phenoxy) is 3. The van der Waals surface area contributed by atoms with Crippen molar-refractivity contribution in [2.75, 3.05) is 13.3 Å². The Morgan fingerprint density at radius 1 is 0.886 bits per heavy atom. The molecule has 8 heteroatoms. The molecule has 1 heterocycles. The van der Waals surface area contributed by atoms with E-state index in [2.05, 4.69) is 5.32 Å². The van der Waals surface area contributed by atoms with Crippen LogP contribution in [0.25, 0.3) is 0 Å². The highest BCUT2D eigenvalue weighted by molar-refractivity contribution is 5.96. The van der Waals surface area contributed by atoms with Gasteiger partial charge in [-0.25, -0.2) is 0 Å². The molecule has 0 bridgehead atoms. The summed E-state index contributed by atoms with van der Waals surface area (Å²) < 4.78 is 15.8. The van der Waals surface area contributed by atoms with Crippen LogP contribution in [-0.4, -0.2) is 42.1 Å². The molecule has 1 atom stereocenters. The van der Waals surface area contributed by atoms with Gasteiger partial charge in [0.15, 0.2) is 17.6 Å². The van der Waals surface area contributed by atoms with E-state index < -0.39 is 18.0 Å². The fourth-order valence-corrected chi connectivity index (χ4v) is 3.66. The zero-order valence-corrected chi connectivity index (χ0v) is 19.3. The molecule has 4 rings (SSSR count). The monoisotopic (exact) mass is 474 g/mol. The molecule has 1 unspecified atom stereocenters. The lowest BCUT2D eigenvalue weighted by atomic mass is 10.1. The Balaban J connectivity index is 1.34. The molecule has 180 valence electrons. The molecule has 8 nitrogen and oxygen atoms in total. The Kier molecular flexibility index (Phi) is 7.62. The number of nitrogens with one attached hydrogen (secondary N) is 1. The summed E-state index contributed by atoms with van der Waals surface area (Å²) in [6, 6.07) is 24.0. The number of carbonyl (C=O) groups excluding carboxylic acids is 3. The lowest BCUT2D eigenvalue weighted by molar-refractivity contribution is -0.158. The van der Waals surface area contributed by atoms with Crippen LogP contribution in [0, 0.1) is 0 Å². The number of carbonyl (C=O) groups is 3. The summed E-state index contributed by atoms with van der Waals surface area (Å²) in [5, 5.41) is 2.51. The lowest BCUT2D eigenvalue weighted by Crippen LogP contribution is -2.41. The van der Waals surface area contributed by atoms with Gasteiger partial charge in [-0.3, -0.25) is 14.4 Å². The summed E-state index contributed by atoms with van der Waals surface area (Å²) in [5.41, 5.74) is 2.25. The molecule has 2 amide bonds. The van der Waals surface area contributed by atoms with Crippen LogP contribution in [0.15, 0.2) is 78.9 Å². The number of hydrogen-bond donors (Lipinski definition) is 1. The van der Waals surface area contributed by atoms with Gasteiger partial charge in [-0.05, 0) is 36.2 Å². The smallest absolute Gasteiger partial charge is 0.326 e. The summed E-state index contributed by atoms with van der Waals surface area (Å²) in [6.07, 6.45) is -1.02. The van der Waals surface area contributed by atoms with Crippen molar-refractivity contribution in [1.82, 2.24) is 10.2 Å². The molecule has 1 aliphatic heterocycles. The minimum atomic E-state index is -1.02. The van der Waals surface area contributed by atoms with Crippen LogP contribution >= 0.6 is 0 Å². The molecule has 0 aromatic heterocycles. The van der Waals surface area contributed by atoms with E-state index in [-0.39, 0.29) is 19.2 Å². The van der Waals surface area contributed by atoms with Gasteiger partial charge < -0.3 is 24.4 Å². The van der Waals surface area contributed by atoms with Crippen molar-refractivity contribution in [3.63, 3.8) is 0 Å². The molecule has 3 aromatic rings. The summed E-state index contributed by atoms with van der Waals surface area (Å²) in [7, 11) is 0. The van der Waals surface area contributed by atoms with Crippen molar-refractivity contribution in [2.24, 2.45) is 0 Å². The van der Waals surface area contributed by atoms with Gasteiger partial charge in [-0.1, -0.05) is 60.7 Å². The largest absolute Gasteiger partial charge is 0.454 e. The Morgan fingerprint density at radius 2 is 1.49 bits per heavy atom. The van der Waals surface area contributed by atoms with E-state index in [1.165, 1.54) is 6.92 Å². The summed E-state index contributed by atoms with van der Waals surface area (Å²) >= 11 is 0. The van der Waals surface area contributed by atoms with E-state index in [4.69, 9.17) is 14.2 Å². The molecule has 1 aliphatic rings. The number of amides is 2. The van der Waals surface area contributed by atoms with Gasteiger partial charge in [-0.15, -0.1) is 0 Å². The normalized spacial score (nSPS) is 12.5. The van der Waals surface area contributed by atoms with Crippen molar-refractivity contribution >= 4 is 17.8 Å². The van der Waals surface area contributed by atoms with Crippen LogP contribution in [0.4, 0.5) is 0 Å². The Morgan fingerprint density at radius 3 is 2.11 bits per heavy atom. The molecule has 0 aliphatic carbocycles. The molecule has 0 saturated heterocycles. The minimum absolute atomic E-state index is 0.101. The van der Waals surface area contributed by atoms with Gasteiger partial charge in [0.2, 0.25) is 6.79 Å². The standard InChI is InChI=1S/C27H26N2O6/c1-19(35-25(30)15-28-26(31)22-12-13-23-24(14-22)34-18-33-23)27(32)29(16-20-8-4-2-5-9-20)17-21-10-6-3-7-11-21/h2-14,19H,15-18H2,1H3,(H,28,31). The Labute approximate surface area is 203 Å². The highest BCUT2D eigenvalue weighted by atomic mass is 16.7. The topological polar surface area (TPSA) is 94.2 Å². The number of rotatable bonds is 9. The first-order valence-electron chi connectivity index (χ1n) is 11.2. The molecule has 3 aromatic carbocycles. The predicted molar refractivity (Wildman–Crippen MR) is 128 cm³/mol. The maximum absolute atomic E-state index is 13.2. The second kappa shape index (κ2) is 11.2. The Hall–Kier alpha value is -4.33. The third kappa shape index (κ3) is 6.38. The molecule has 0 radical (unpaired) electrons. The third-order valence-electron chi connectivity index (χ3n) is 5.43. The summed E-state index contributed by atoms with van der Waals surface area (Å²) in [6.45, 7) is 2.00. The predicted octanol–water partition coefficient (Wildman–Crippen LogP) is 3.31. The molecule has 1 N–H and O–H groups in total. The fourth-order valence-electron chi connectivity index (χ4n) is 3.66. The van der Waals surface area contributed by atoms with Crippen LogP contribution in [0.5, 0.6) is 11.5 Å². The molecule has 0 saturated carbocycles. The first-order chi connectivity index (χ1) is 17.0. The quantitative estimate of drug-likeness (QED) is 0.479. The van der Waals surface area contributed by atoms with Crippen LogP contribution in [0.2, 0.25) is 0 Å². The van der Waals surface area contributed by atoms with Crippen LogP contribution in [-0.2, 0) is 27.4 Å². The highest BCUT2D eigenvalue weighted by Gasteiger charge is 2.25. The van der Waals surface area contributed by atoms with Crippen molar-refractivity contribution in [1.29, 1.82) is 0 Å². The average Bonchev–Trinajstić information content (AvgIpc) is 3.36. The van der Waals surface area contributed by atoms with E-state index in [9.17, 15) is 14.4 Å². The van der Waals surface area contributed by atoms with Gasteiger partial charge in [0.05, 0.1) is 0 Å². The van der Waals surface area contributed by atoms with Gasteiger partial charge in [0, 0.05) is 18.7 Å². The van der Waals surface area contributed by atoms with E-state index in [1.807, 2.05) is 60.7 Å². The van der Waals surface area contributed by atoms with Crippen molar-refractivity contribution in [3.05, 3.63) is 95.6 Å². The second-order valence-electron chi connectivity index (χ2n) is 8.05. The summed E-state index contributed by atoms with van der Waals surface area (Å²) in [5.74, 6) is -0.471. The van der Waals surface area contributed by atoms with Gasteiger partial charge in [0.1, 0.15) is 6.54 Å². The maximum atomic E-state index is 13.2. The zero-order chi connectivity index (χ0) is 24.6. The second-order valence-corrected chi connectivity index (χ2v) is 8.05. The van der Waals surface area contributed by atoms with E-state index >= 15 is 0 Å². The highest BCUT2D eigenvalue weighted by Crippen LogP contribution is 2.32. The van der Waals surface area contributed by atoms with Crippen LogP contribution < -0.4 is 14.8 Å². The van der Waals surface area contributed by atoms with Crippen molar-refractivity contribution in [2.45, 2.75) is 26.1 Å². The molecular weight excluding hydrogens is 448 g/mol. The lowest BCUT2D eigenvalue weighted by Gasteiger charge is -2.26. The first kappa shape index (κ1) is 23.8. The number of hydrogen-bond acceptors (Lipinski definition) is 6. The van der Waals surface area contributed by atoms with E-state index in [0.717, 1.165) is 11.1 Å². The van der Waals surface area contributed by atoms with E-state index in [1.54, 1.807) is 23.1 Å². The van der Waals surface area contributed by atoms with Crippen molar-refractivity contribution in [3.8, 4) is 11.5 Å². The van der Waals surface area contributed by atoms with Gasteiger partial charge in [-0.2, -0.15) is 0 Å². The van der Waals surface area contributed by atoms with E-state index in [0.29, 0.717) is 30.2 Å². The van der Waals surface area contributed by atoms with Gasteiger partial charge >= 0.3 is 5.97 Å². The van der Waals surface area contributed by atoms with Crippen molar-refractivity contribution < 1.29 is 28.6 Å². The Bertz CT molecular complexity index is 1140. The average molecular weight is 475 g/mol. The van der Waals surface area contributed by atoms with Crippen LogP contribution in [0.1, 0.15) is 28.4 Å². The zero-order valence-electron chi connectivity index (χ0n) is 19.3. The molecule has 0 fully saturated rings. The number of fused-ring (bicyclic) bond motifs is 1. The maximum Gasteiger partial charge on any atom is 0.326 e.